The van der Waals surface area contributed by atoms with Gasteiger partial charge in [0.2, 0.25) is 0 Å². The Balaban J connectivity index is 3.75. The zero-order valence-electron chi connectivity index (χ0n) is 15.3. The van der Waals surface area contributed by atoms with Crippen molar-refractivity contribution >= 4 is 17.9 Å². The standard InChI is InChI=1S/C18H32O6/c1-4-5-6-7-8-9-10-11-12-18(21)23-14-17(24-16(3)20)13-22-15(2)19/h17H,4-14H2,1-3H3. The van der Waals surface area contributed by atoms with Crippen LogP contribution in [-0.4, -0.2) is 37.2 Å². The van der Waals surface area contributed by atoms with Crippen LogP contribution in [0.2, 0.25) is 0 Å². The summed E-state index contributed by atoms with van der Waals surface area (Å²) < 4.78 is 14.8. The molecule has 0 aromatic rings. The fourth-order valence-corrected chi connectivity index (χ4v) is 2.22. The van der Waals surface area contributed by atoms with Gasteiger partial charge in [-0.05, 0) is 6.42 Å². The summed E-state index contributed by atoms with van der Waals surface area (Å²) in [7, 11) is 0. The minimum atomic E-state index is -0.756. The first-order chi connectivity index (χ1) is 11.5. The van der Waals surface area contributed by atoms with Gasteiger partial charge in [0.1, 0.15) is 13.2 Å². The van der Waals surface area contributed by atoms with E-state index in [2.05, 4.69) is 6.92 Å². The van der Waals surface area contributed by atoms with Crippen LogP contribution in [-0.2, 0) is 28.6 Å². The number of esters is 3. The molecule has 24 heavy (non-hydrogen) atoms. The van der Waals surface area contributed by atoms with E-state index in [1.165, 1.54) is 46.0 Å². The van der Waals surface area contributed by atoms with Gasteiger partial charge in [-0.25, -0.2) is 0 Å². The summed E-state index contributed by atoms with van der Waals surface area (Å²) in [6.45, 7) is 4.51. The number of carbonyl (C=O) groups is 3. The minimum absolute atomic E-state index is 0.0945. The second-order valence-corrected chi connectivity index (χ2v) is 5.94. The van der Waals surface area contributed by atoms with Gasteiger partial charge in [-0.1, -0.05) is 51.9 Å². The number of ether oxygens (including phenoxy) is 3. The van der Waals surface area contributed by atoms with Crippen molar-refractivity contribution < 1.29 is 28.6 Å². The van der Waals surface area contributed by atoms with Crippen LogP contribution in [0.5, 0.6) is 0 Å². The smallest absolute Gasteiger partial charge is 0.305 e. The van der Waals surface area contributed by atoms with Gasteiger partial charge in [0.05, 0.1) is 0 Å². The molecule has 0 radical (unpaired) electrons. The Labute approximate surface area is 145 Å². The highest BCUT2D eigenvalue weighted by atomic mass is 16.6. The molecular weight excluding hydrogens is 312 g/mol. The third-order valence-electron chi connectivity index (χ3n) is 3.47. The lowest BCUT2D eigenvalue weighted by atomic mass is 10.1. The normalized spacial score (nSPS) is 11.6. The fourth-order valence-electron chi connectivity index (χ4n) is 2.22. The van der Waals surface area contributed by atoms with Gasteiger partial charge in [0.15, 0.2) is 6.10 Å². The molecule has 6 nitrogen and oxygen atoms in total. The molecule has 140 valence electrons. The zero-order valence-corrected chi connectivity index (χ0v) is 15.3. The van der Waals surface area contributed by atoms with Gasteiger partial charge >= 0.3 is 17.9 Å². The van der Waals surface area contributed by atoms with E-state index >= 15 is 0 Å². The Hall–Kier alpha value is -1.59. The SMILES string of the molecule is CCCCCCCCCCC(=O)OCC(COC(C)=O)OC(C)=O. The van der Waals surface area contributed by atoms with Crippen LogP contribution in [0.4, 0.5) is 0 Å². The maximum absolute atomic E-state index is 11.7. The predicted molar refractivity (Wildman–Crippen MR) is 90.4 cm³/mol. The Morgan fingerprint density at radius 1 is 0.750 bits per heavy atom. The average Bonchev–Trinajstić information content (AvgIpc) is 2.52. The molecule has 0 saturated heterocycles. The third-order valence-corrected chi connectivity index (χ3v) is 3.47. The van der Waals surface area contributed by atoms with Gasteiger partial charge in [-0.3, -0.25) is 14.4 Å². The summed E-state index contributed by atoms with van der Waals surface area (Å²) in [6.07, 6.45) is 8.86. The molecule has 0 saturated carbocycles. The van der Waals surface area contributed by atoms with Gasteiger partial charge < -0.3 is 14.2 Å². The third kappa shape index (κ3) is 15.3. The van der Waals surface area contributed by atoms with Gasteiger partial charge in [0, 0.05) is 20.3 Å². The molecule has 0 bridgehead atoms. The molecule has 0 spiro atoms. The van der Waals surface area contributed by atoms with Crippen LogP contribution in [0.3, 0.4) is 0 Å². The number of unbranched alkanes of at least 4 members (excludes halogenated alkanes) is 7. The van der Waals surface area contributed by atoms with Crippen LogP contribution < -0.4 is 0 Å². The Kier molecular flexibility index (Phi) is 14.0. The van der Waals surface area contributed by atoms with E-state index in [-0.39, 0.29) is 19.2 Å². The van der Waals surface area contributed by atoms with E-state index in [4.69, 9.17) is 14.2 Å². The van der Waals surface area contributed by atoms with Gasteiger partial charge in [0.25, 0.3) is 0 Å². The van der Waals surface area contributed by atoms with Crippen LogP contribution in [0.1, 0.15) is 78.6 Å². The van der Waals surface area contributed by atoms with E-state index in [9.17, 15) is 14.4 Å². The van der Waals surface area contributed by atoms with Crippen molar-refractivity contribution in [2.45, 2.75) is 84.7 Å². The molecule has 0 N–H and O–H groups in total. The largest absolute Gasteiger partial charge is 0.462 e. The van der Waals surface area contributed by atoms with Gasteiger partial charge in [-0.2, -0.15) is 0 Å². The average molecular weight is 344 g/mol. The lowest BCUT2D eigenvalue weighted by Gasteiger charge is -2.16. The maximum Gasteiger partial charge on any atom is 0.305 e. The van der Waals surface area contributed by atoms with Gasteiger partial charge in [-0.15, -0.1) is 0 Å². The number of hydrogen-bond donors (Lipinski definition) is 0. The maximum atomic E-state index is 11.7. The summed E-state index contributed by atoms with van der Waals surface area (Å²) in [6, 6.07) is 0. The summed E-state index contributed by atoms with van der Waals surface area (Å²) in [4.78, 5) is 33.4. The number of hydrogen-bond acceptors (Lipinski definition) is 6. The quantitative estimate of drug-likeness (QED) is 0.272. The highest BCUT2D eigenvalue weighted by Gasteiger charge is 2.16. The summed E-state index contributed by atoms with van der Waals surface area (Å²) in [5.74, 6) is -1.30. The highest BCUT2D eigenvalue weighted by Crippen LogP contribution is 2.10. The molecule has 0 rings (SSSR count). The minimum Gasteiger partial charge on any atom is -0.462 e. The van der Waals surface area contributed by atoms with E-state index in [1.54, 1.807) is 0 Å². The fraction of sp³-hybridized carbons (Fsp3) is 0.833. The van der Waals surface area contributed by atoms with Crippen LogP contribution in [0, 0.1) is 0 Å². The van der Waals surface area contributed by atoms with E-state index in [1.807, 2.05) is 0 Å². The van der Waals surface area contributed by atoms with Crippen LogP contribution in [0.25, 0.3) is 0 Å². The molecule has 0 aliphatic heterocycles. The van der Waals surface area contributed by atoms with Crippen molar-refractivity contribution in [1.29, 1.82) is 0 Å². The molecule has 0 fully saturated rings. The molecule has 0 aliphatic carbocycles. The number of carbonyl (C=O) groups excluding carboxylic acids is 3. The molecule has 6 heteroatoms. The molecule has 1 atom stereocenters. The van der Waals surface area contributed by atoms with Crippen molar-refractivity contribution in [3.63, 3.8) is 0 Å². The summed E-state index contributed by atoms with van der Waals surface area (Å²) >= 11 is 0. The van der Waals surface area contributed by atoms with Crippen molar-refractivity contribution in [1.82, 2.24) is 0 Å². The van der Waals surface area contributed by atoms with E-state index in [0.717, 1.165) is 19.3 Å². The number of rotatable bonds is 14. The molecular formula is C18H32O6. The Morgan fingerprint density at radius 3 is 1.83 bits per heavy atom. The van der Waals surface area contributed by atoms with Crippen molar-refractivity contribution in [3.05, 3.63) is 0 Å². The summed E-state index contributed by atoms with van der Waals surface area (Å²) in [5, 5.41) is 0. The summed E-state index contributed by atoms with van der Waals surface area (Å²) in [5.41, 5.74) is 0. The second kappa shape index (κ2) is 15.0. The monoisotopic (exact) mass is 344 g/mol. The molecule has 1 unspecified atom stereocenters. The lowest BCUT2D eigenvalue weighted by Crippen LogP contribution is -2.29. The molecule has 0 aromatic carbocycles. The highest BCUT2D eigenvalue weighted by molar-refractivity contribution is 5.69. The first kappa shape index (κ1) is 22.4. The van der Waals surface area contributed by atoms with E-state index < -0.39 is 18.0 Å². The predicted octanol–water partition coefficient (Wildman–Crippen LogP) is 3.56. The Bertz CT molecular complexity index is 367. The molecule has 0 amide bonds. The first-order valence-corrected chi connectivity index (χ1v) is 8.91. The zero-order chi connectivity index (χ0) is 18.2. The molecule has 0 aliphatic rings. The first-order valence-electron chi connectivity index (χ1n) is 8.91. The van der Waals surface area contributed by atoms with Crippen LogP contribution in [0.15, 0.2) is 0 Å². The van der Waals surface area contributed by atoms with Crippen LogP contribution >= 0.6 is 0 Å². The van der Waals surface area contributed by atoms with Crippen molar-refractivity contribution in [3.8, 4) is 0 Å². The molecule has 0 heterocycles. The Morgan fingerprint density at radius 2 is 1.29 bits per heavy atom. The molecule has 0 aromatic heterocycles. The van der Waals surface area contributed by atoms with Crippen molar-refractivity contribution in [2.24, 2.45) is 0 Å². The second-order valence-electron chi connectivity index (χ2n) is 5.94. The van der Waals surface area contributed by atoms with Crippen molar-refractivity contribution in [2.75, 3.05) is 13.2 Å². The van der Waals surface area contributed by atoms with E-state index in [0.29, 0.717) is 6.42 Å². The lowest BCUT2D eigenvalue weighted by molar-refractivity contribution is -0.164. The topological polar surface area (TPSA) is 78.9 Å².